The number of amides is 2. The lowest BCUT2D eigenvalue weighted by molar-refractivity contribution is -0.139. The van der Waals surface area contributed by atoms with E-state index in [1.54, 1.807) is 30.9 Å². The van der Waals surface area contributed by atoms with Crippen LogP contribution in [0.15, 0.2) is 33.3 Å². The number of carboxylic acid groups (broad SMARTS) is 2. The molecule has 1 aliphatic carbocycles. The highest BCUT2D eigenvalue weighted by atomic mass is 79.9. The van der Waals surface area contributed by atoms with E-state index in [0.29, 0.717) is 50.2 Å². The van der Waals surface area contributed by atoms with Crippen LogP contribution in [0.4, 0.5) is 16.2 Å². The minimum atomic E-state index is -1.23. The highest BCUT2D eigenvalue weighted by Crippen LogP contribution is 2.46. The highest BCUT2D eigenvalue weighted by molar-refractivity contribution is 9.10. The van der Waals surface area contributed by atoms with Gasteiger partial charge in [0, 0.05) is 12.2 Å². The van der Waals surface area contributed by atoms with E-state index in [1.165, 1.54) is 6.42 Å². The van der Waals surface area contributed by atoms with Crippen LogP contribution >= 0.6 is 27.3 Å². The molecule has 0 bridgehead atoms. The number of aliphatic carboxylic acids is 1. The summed E-state index contributed by atoms with van der Waals surface area (Å²) < 4.78 is 10.8. The molecule has 1 saturated carbocycles. The molecule has 3 aromatic rings. The molecule has 1 fully saturated rings. The zero-order valence-electron chi connectivity index (χ0n) is 21.0. The Balaban J connectivity index is 1.70. The molecule has 0 spiro atoms. The fourth-order valence-corrected chi connectivity index (χ4v) is 6.46. The third-order valence-electron chi connectivity index (χ3n) is 6.44. The Morgan fingerprint density at radius 3 is 2.58 bits per heavy atom. The van der Waals surface area contributed by atoms with Crippen molar-refractivity contribution in [3.63, 3.8) is 0 Å². The number of aromatic carboxylic acids is 1. The van der Waals surface area contributed by atoms with E-state index in [-0.39, 0.29) is 16.7 Å². The van der Waals surface area contributed by atoms with Gasteiger partial charge in [0.1, 0.15) is 11.4 Å². The Labute approximate surface area is 231 Å². The van der Waals surface area contributed by atoms with Crippen molar-refractivity contribution in [1.29, 1.82) is 0 Å². The van der Waals surface area contributed by atoms with Gasteiger partial charge in [-0.1, -0.05) is 36.6 Å². The predicted octanol–water partition coefficient (Wildman–Crippen LogP) is 6.56. The summed E-state index contributed by atoms with van der Waals surface area (Å²) in [5, 5.41) is 25.5. The summed E-state index contributed by atoms with van der Waals surface area (Å²) in [5.41, 5.74) is 2.42. The number of hydrogen-bond acceptors (Lipinski definition) is 7. The molecule has 0 aliphatic heterocycles. The van der Waals surface area contributed by atoms with Gasteiger partial charge in [-0.3, -0.25) is 4.90 Å². The van der Waals surface area contributed by atoms with Crippen LogP contribution in [0.3, 0.4) is 0 Å². The number of benzene rings is 1. The summed E-state index contributed by atoms with van der Waals surface area (Å²) >= 11 is 4.37. The SMILES string of the molecule is Cc1noc(C)c1NC(=O)N(CC1CCCCC1)c1cccc(-c2sc(C(=O)O)c(OCC(=O)O)c2Br)c1. The summed E-state index contributed by atoms with van der Waals surface area (Å²) in [6.07, 6.45) is 5.53. The molecule has 0 saturated heterocycles. The van der Waals surface area contributed by atoms with Crippen LogP contribution in [0.25, 0.3) is 10.4 Å². The third-order valence-corrected chi connectivity index (χ3v) is 8.67. The second-order valence-corrected chi connectivity index (χ2v) is 11.0. The van der Waals surface area contributed by atoms with E-state index < -0.39 is 18.5 Å². The minimum absolute atomic E-state index is 0.0412. The molecule has 1 aromatic carbocycles. The van der Waals surface area contributed by atoms with Crippen LogP contribution in [0.5, 0.6) is 5.75 Å². The maximum absolute atomic E-state index is 13.6. The first-order valence-electron chi connectivity index (χ1n) is 12.2. The maximum atomic E-state index is 13.6. The smallest absolute Gasteiger partial charge is 0.349 e. The number of carbonyl (C=O) groups is 3. The zero-order valence-corrected chi connectivity index (χ0v) is 23.4. The number of nitrogens with zero attached hydrogens (tertiary/aromatic N) is 2. The topological polar surface area (TPSA) is 142 Å². The summed E-state index contributed by atoms with van der Waals surface area (Å²) in [7, 11) is 0. The number of hydrogen-bond donors (Lipinski definition) is 3. The average molecular weight is 606 g/mol. The van der Waals surface area contributed by atoms with E-state index in [4.69, 9.17) is 14.4 Å². The van der Waals surface area contributed by atoms with Crippen LogP contribution in [-0.2, 0) is 4.79 Å². The Kier molecular flexibility index (Phi) is 8.72. The molecule has 12 heteroatoms. The van der Waals surface area contributed by atoms with Crippen molar-refractivity contribution in [2.24, 2.45) is 5.92 Å². The van der Waals surface area contributed by atoms with Crippen molar-refractivity contribution < 1.29 is 33.9 Å². The number of urea groups is 1. The second kappa shape index (κ2) is 12.0. The summed E-state index contributed by atoms with van der Waals surface area (Å²) in [5.74, 6) is -1.62. The van der Waals surface area contributed by atoms with E-state index in [2.05, 4.69) is 26.4 Å². The second-order valence-electron chi connectivity index (χ2n) is 9.19. The number of nitrogens with one attached hydrogen (secondary N) is 1. The molecule has 2 amide bonds. The molecule has 1 aliphatic rings. The molecule has 10 nitrogen and oxygen atoms in total. The lowest BCUT2D eigenvalue weighted by Gasteiger charge is -2.30. The lowest BCUT2D eigenvalue weighted by Crippen LogP contribution is -2.39. The Hall–Kier alpha value is -3.38. The van der Waals surface area contributed by atoms with Gasteiger partial charge in [-0.2, -0.15) is 0 Å². The normalized spacial score (nSPS) is 13.8. The largest absolute Gasteiger partial charge is 0.479 e. The highest BCUT2D eigenvalue weighted by Gasteiger charge is 2.27. The number of carboxylic acids is 2. The fourth-order valence-electron chi connectivity index (χ4n) is 4.57. The van der Waals surface area contributed by atoms with Crippen molar-refractivity contribution in [2.45, 2.75) is 46.0 Å². The molecule has 0 unspecified atom stereocenters. The van der Waals surface area contributed by atoms with Gasteiger partial charge in [-0.05, 0) is 66.2 Å². The Morgan fingerprint density at radius 1 is 1.21 bits per heavy atom. The first-order chi connectivity index (χ1) is 18.2. The molecule has 202 valence electrons. The van der Waals surface area contributed by atoms with Crippen LogP contribution in [0, 0.1) is 19.8 Å². The van der Waals surface area contributed by atoms with Crippen LogP contribution in [0.2, 0.25) is 0 Å². The quantitative estimate of drug-likeness (QED) is 0.249. The predicted molar refractivity (Wildman–Crippen MR) is 146 cm³/mol. The number of ether oxygens (including phenoxy) is 1. The molecule has 2 aromatic heterocycles. The number of halogens is 1. The fraction of sp³-hybridized carbons (Fsp3) is 0.385. The first-order valence-corrected chi connectivity index (χ1v) is 13.8. The number of aryl methyl sites for hydroxylation is 2. The Morgan fingerprint density at radius 2 is 1.95 bits per heavy atom. The van der Waals surface area contributed by atoms with Gasteiger partial charge >= 0.3 is 18.0 Å². The van der Waals surface area contributed by atoms with Crippen LogP contribution in [-0.4, -0.2) is 46.5 Å². The first kappa shape index (κ1) is 27.6. The van der Waals surface area contributed by atoms with Crippen molar-refractivity contribution >= 4 is 56.6 Å². The summed E-state index contributed by atoms with van der Waals surface area (Å²) in [4.78, 5) is 38.6. The Bertz CT molecular complexity index is 1330. The molecular weight excluding hydrogens is 578 g/mol. The monoisotopic (exact) mass is 605 g/mol. The van der Waals surface area contributed by atoms with Crippen molar-refractivity contribution in [3.05, 3.63) is 45.1 Å². The summed E-state index contributed by atoms with van der Waals surface area (Å²) in [6, 6.07) is 6.94. The molecule has 38 heavy (non-hydrogen) atoms. The van der Waals surface area contributed by atoms with Crippen molar-refractivity contribution in [1.82, 2.24) is 5.16 Å². The van der Waals surface area contributed by atoms with E-state index in [0.717, 1.165) is 37.0 Å². The zero-order chi connectivity index (χ0) is 27.4. The molecule has 3 N–H and O–H groups in total. The van der Waals surface area contributed by atoms with Gasteiger partial charge in [0.15, 0.2) is 23.0 Å². The van der Waals surface area contributed by atoms with Crippen molar-refractivity contribution in [3.8, 4) is 16.2 Å². The van der Waals surface area contributed by atoms with E-state index in [1.807, 2.05) is 12.1 Å². The molecular formula is C26H28BrN3O7S. The molecule has 4 rings (SSSR count). The standard InChI is InChI=1S/C26H28BrN3O7S/c1-14-21(15(2)37-29-14)28-26(35)30(12-16-7-4-3-5-8-16)18-10-6-9-17(11-18)23-20(27)22(36-13-19(31)32)24(38-23)25(33)34/h6,9-11,16H,3-5,7-8,12-13H2,1-2H3,(H,28,35)(H,31,32)(H,33,34). The average Bonchev–Trinajstić information content (AvgIpc) is 3.40. The number of aromatic nitrogens is 1. The van der Waals surface area contributed by atoms with Gasteiger partial charge in [0.25, 0.3) is 0 Å². The van der Waals surface area contributed by atoms with Gasteiger partial charge < -0.3 is 24.8 Å². The summed E-state index contributed by atoms with van der Waals surface area (Å²) in [6.45, 7) is 3.35. The number of anilines is 2. The molecule has 0 radical (unpaired) electrons. The van der Waals surface area contributed by atoms with Crippen molar-refractivity contribution in [2.75, 3.05) is 23.4 Å². The number of thiophene rings is 1. The number of carbonyl (C=O) groups excluding carboxylic acids is 1. The molecule has 0 atom stereocenters. The van der Waals surface area contributed by atoms with Crippen LogP contribution in [0.1, 0.15) is 53.2 Å². The van der Waals surface area contributed by atoms with Gasteiger partial charge in [-0.25, -0.2) is 14.4 Å². The van der Waals surface area contributed by atoms with Gasteiger partial charge in [-0.15, -0.1) is 11.3 Å². The van der Waals surface area contributed by atoms with Gasteiger partial charge in [0.2, 0.25) is 0 Å². The van der Waals surface area contributed by atoms with E-state index >= 15 is 0 Å². The van der Waals surface area contributed by atoms with Gasteiger partial charge in [0.05, 0.1) is 9.35 Å². The lowest BCUT2D eigenvalue weighted by atomic mass is 9.89. The number of rotatable bonds is 9. The van der Waals surface area contributed by atoms with E-state index in [9.17, 15) is 19.5 Å². The minimum Gasteiger partial charge on any atom is -0.479 e. The van der Waals surface area contributed by atoms with Crippen LogP contribution < -0.4 is 15.0 Å². The maximum Gasteiger partial charge on any atom is 0.349 e. The third kappa shape index (κ3) is 6.18. The molecule has 2 heterocycles.